The van der Waals surface area contributed by atoms with Crippen molar-refractivity contribution < 1.29 is 9.90 Å². The molecule has 0 saturated heterocycles. The zero-order chi connectivity index (χ0) is 15.1. The van der Waals surface area contributed by atoms with Crippen molar-refractivity contribution in [3.63, 3.8) is 0 Å². The molecule has 0 unspecified atom stereocenters. The largest absolute Gasteiger partial charge is 0.481 e. The van der Waals surface area contributed by atoms with Crippen LogP contribution in [0.1, 0.15) is 0 Å². The Kier molecular flexibility index (Phi) is 3.28. The van der Waals surface area contributed by atoms with E-state index in [4.69, 9.17) is 5.11 Å². The topological polar surface area (TPSA) is 37.3 Å². The fourth-order valence-corrected chi connectivity index (χ4v) is 4.81. The van der Waals surface area contributed by atoms with Gasteiger partial charge in [-0.05, 0) is 17.5 Å². The van der Waals surface area contributed by atoms with Crippen molar-refractivity contribution in [1.29, 1.82) is 0 Å². The van der Waals surface area contributed by atoms with Gasteiger partial charge >= 0.3 is 5.97 Å². The standard InChI is InChI=1S/C18H12O2S2/c19-17(20)10-21-16-9-14-12-6-3-4-8-15(12)22-18(14)13-7-2-1-5-11(13)16/h1-9H,10H2,(H,19,20). The molecule has 0 radical (unpaired) electrons. The number of thioether (sulfide) groups is 1. The zero-order valence-electron chi connectivity index (χ0n) is 11.6. The minimum atomic E-state index is -0.788. The van der Waals surface area contributed by atoms with Crippen LogP contribution in [0.15, 0.2) is 59.5 Å². The van der Waals surface area contributed by atoms with E-state index in [1.165, 1.54) is 37.3 Å². The molecule has 0 aliphatic carbocycles. The quantitative estimate of drug-likeness (QED) is 0.514. The van der Waals surface area contributed by atoms with Gasteiger partial charge in [0.2, 0.25) is 0 Å². The molecule has 0 bridgehead atoms. The Morgan fingerprint density at radius 1 is 0.955 bits per heavy atom. The van der Waals surface area contributed by atoms with Gasteiger partial charge in [0.05, 0.1) is 5.75 Å². The van der Waals surface area contributed by atoms with Crippen LogP contribution in [-0.2, 0) is 4.79 Å². The second-order valence-corrected chi connectivity index (χ2v) is 7.15. The summed E-state index contributed by atoms with van der Waals surface area (Å²) in [5.41, 5.74) is 0. The predicted molar refractivity (Wildman–Crippen MR) is 95.2 cm³/mol. The number of carboxylic acid groups (broad SMARTS) is 1. The van der Waals surface area contributed by atoms with Crippen molar-refractivity contribution in [3.05, 3.63) is 54.6 Å². The van der Waals surface area contributed by atoms with Crippen molar-refractivity contribution in [2.24, 2.45) is 0 Å². The third kappa shape index (κ3) is 2.16. The van der Waals surface area contributed by atoms with Gasteiger partial charge in [-0.2, -0.15) is 0 Å². The van der Waals surface area contributed by atoms with Crippen molar-refractivity contribution in [2.75, 3.05) is 5.75 Å². The first-order chi connectivity index (χ1) is 10.7. The van der Waals surface area contributed by atoms with E-state index in [-0.39, 0.29) is 5.75 Å². The Balaban J connectivity index is 2.08. The fourth-order valence-electron chi connectivity index (χ4n) is 2.77. The number of thiophene rings is 1. The van der Waals surface area contributed by atoms with Crippen molar-refractivity contribution in [2.45, 2.75) is 4.90 Å². The van der Waals surface area contributed by atoms with Crippen LogP contribution >= 0.6 is 23.1 Å². The molecule has 0 fully saturated rings. The van der Waals surface area contributed by atoms with E-state index in [0.29, 0.717) is 0 Å². The lowest BCUT2D eigenvalue weighted by Gasteiger charge is -2.07. The van der Waals surface area contributed by atoms with Crippen LogP contribution in [0.25, 0.3) is 30.9 Å². The second-order valence-electron chi connectivity index (χ2n) is 5.08. The van der Waals surface area contributed by atoms with Gasteiger partial charge < -0.3 is 5.11 Å². The van der Waals surface area contributed by atoms with Crippen molar-refractivity contribution in [1.82, 2.24) is 0 Å². The Morgan fingerprint density at radius 2 is 1.64 bits per heavy atom. The SMILES string of the molecule is O=C(O)CSc1cc2c3ccccc3sc2c2ccccc12. The highest BCUT2D eigenvalue weighted by Crippen LogP contribution is 2.42. The minimum absolute atomic E-state index is 0.0809. The number of carboxylic acids is 1. The first-order valence-electron chi connectivity index (χ1n) is 6.91. The van der Waals surface area contributed by atoms with Gasteiger partial charge in [-0.15, -0.1) is 23.1 Å². The molecule has 1 aromatic heterocycles. The van der Waals surface area contributed by atoms with Crippen LogP contribution in [0.4, 0.5) is 0 Å². The molecule has 4 rings (SSSR count). The first kappa shape index (κ1) is 13.6. The molecule has 1 N–H and O–H groups in total. The van der Waals surface area contributed by atoms with Crippen LogP contribution in [-0.4, -0.2) is 16.8 Å². The summed E-state index contributed by atoms with van der Waals surface area (Å²) >= 11 is 3.19. The number of hydrogen-bond donors (Lipinski definition) is 1. The van der Waals surface area contributed by atoms with Gasteiger partial charge in [0.1, 0.15) is 0 Å². The van der Waals surface area contributed by atoms with Gasteiger partial charge in [-0.3, -0.25) is 4.79 Å². The third-order valence-electron chi connectivity index (χ3n) is 3.70. The maximum Gasteiger partial charge on any atom is 0.313 e. The summed E-state index contributed by atoms with van der Waals surface area (Å²) in [5.74, 6) is -0.707. The highest BCUT2D eigenvalue weighted by Gasteiger charge is 2.12. The molecule has 3 aromatic carbocycles. The van der Waals surface area contributed by atoms with E-state index in [2.05, 4.69) is 36.4 Å². The van der Waals surface area contributed by atoms with Crippen LogP contribution < -0.4 is 0 Å². The molecule has 0 aliphatic rings. The summed E-state index contributed by atoms with van der Waals surface area (Å²) in [4.78, 5) is 12.0. The summed E-state index contributed by atoms with van der Waals surface area (Å²) < 4.78 is 2.54. The van der Waals surface area contributed by atoms with E-state index in [0.717, 1.165) is 10.3 Å². The molecule has 0 amide bonds. The van der Waals surface area contributed by atoms with Crippen LogP contribution in [0.5, 0.6) is 0 Å². The minimum Gasteiger partial charge on any atom is -0.481 e. The van der Waals surface area contributed by atoms with Crippen LogP contribution in [0.3, 0.4) is 0 Å². The number of carbonyl (C=O) groups is 1. The maximum absolute atomic E-state index is 10.9. The normalized spacial score (nSPS) is 11.5. The Bertz CT molecular complexity index is 1020. The molecule has 0 atom stereocenters. The monoisotopic (exact) mass is 324 g/mol. The maximum atomic E-state index is 10.9. The van der Waals surface area contributed by atoms with Gasteiger partial charge in [0.15, 0.2) is 0 Å². The predicted octanol–water partition coefficient (Wildman–Crippen LogP) is 5.38. The summed E-state index contributed by atoms with van der Waals surface area (Å²) in [6, 6.07) is 18.8. The average Bonchev–Trinajstić information content (AvgIpc) is 2.91. The summed E-state index contributed by atoms with van der Waals surface area (Å²) in [6.45, 7) is 0. The molecule has 1 heterocycles. The van der Waals surface area contributed by atoms with E-state index in [9.17, 15) is 4.79 Å². The molecular formula is C18H12O2S2. The van der Waals surface area contributed by atoms with Crippen molar-refractivity contribution in [3.8, 4) is 0 Å². The number of hydrogen-bond acceptors (Lipinski definition) is 3. The van der Waals surface area contributed by atoms with E-state index < -0.39 is 5.97 Å². The summed E-state index contributed by atoms with van der Waals surface area (Å²) in [5, 5.41) is 13.8. The Morgan fingerprint density at radius 3 is 2.41 bits per heavy atom. The number of rotatable bonds is 3. The lowest BCUT2D eigenvalue weighted by atomic mass is 10.1. The zero-order valence-corrected chi connectivity index (χ0v) is 13.2. The van der Waals surface area contributed by atoms with Gasteiger partial charge in [0, 0.05) is 30.5 Å². The lowest BCUT2D eigenvalue weighted by Crippen LogP contribution is -1.97. The molecule has 0 spiro atoms. The van der Waals surface area contributed by atoms with Gasteiger partial charge in [-0.1, -0.05) is 42.5 Å². The molecule has 4 heteroatoms. The van der Waals surface area contributed by atoms with Gasteiger partial charge in [0.25, 0.3) is 0 Å². The molecule has 2 nitrogen and oxygen atoms in total. The van der Waals surface area contributed by atoms with E-state index in [1.807, 2.05) is 18.2 Å². The average molecular weight is 324 g/mol. The number of aliphatic carboxylic acids is 1. The van der Waals surface area contributed by atoms with Gasteiger partial charge in [-0.25, -0.2) is 0 Å². The number of fused-ring (bicyclic) bond motifs is 5. The van der Waals surface area contributed by atoms with Crippen LogP contribution in [0.2, 0.25) is 0 Å². The Labute approximate surface area is 135 Å². The number of benzene rings is 3. The fraction of sp³-hybridized carbons (Fsp3) is 0.0556. The Hall–Kier alpha value is -2.04. The molecule has 0 saturated carbocycles. The van der Waals surface area contributed by atoms with Crippen molar-refractivity contribution >= 4 is 60.0 Å². The first-order valence-corrected chi connectivity index (χ1v) is 8.72. The molecular weight excluding hydrogens is 312 g/mol. The van der Waals surface area contributed by atoms with E-state index >= 15 is 0 Å². The highest BCUT2D eigenvalue weighted by atomic mass is 32.2. The smallest absolute Gasteiger partial charge is 0.313 e. The summed E-state index contributed by atoms with van der Waals surface area (Å²) in [7, 11) is 0. The molecule has 4 aromatic rings. The highest BCUT2D eigenvalue weighted by molar-refractivity contribution is 8.00. The molecule has 108 valence electrons. The van der Waals surface area contributed by atoms with E-state index in [1.54, 1.807) is 11.3 Å². The summed E-state index contributed by atoms with van der Waals surface area (Å²) in [6.07, 6.45) is 0. The second kappa shape index (κ2) is 5.30. The third-order valence-corrected chi connectivity index (χ3v) is 5.96. The molecule has 0 aliphatic heterocycles. The lowest BCUT2D eigenvalue weighted by molar-refractivity contribution is -0.133. The van der Waals surface area contributed by atoms with Crippen LogP contribution in [0, 0.1) is 0 Å². The molecule has 22 heavy (non-hydrogen) atoms.